The minimum atomic E-state index is -3.70. The Bertz CT molecular complexity index is 1270. The van der Waals surface area contributed by atoms with Crippen molar-refractivity contribution in [2.45, 2.75) is 36.7 Å². The number of hydrogen-bond acceptors (Lipinski definition) is 6. The van der Waals surface area contributed by atoms with Crippen LogP contribution >= 0.6 is 0 Å². The van der Waals surface area contributed by atoms with Crippen molar-refractivity contribution >= 4 is 21.8 Å². The molecule has 4 aliphatic rings. The summed E-state index contributed by atoms with van der Waals surface area (Å²) < 4.78 is 34.7. The van der Waals surface area contributed by atoms with E-state index in [0.717, 1.165) is 51.3 Å². The molecular formula is C25H28N4O4S. The highest BCUT2D eigenvalue weighted by atomic mass is 32.2. The zero-order chi connectivity index (χ0) is 23.3. The van der Waals surface area contributed by atoms with Crippen molar-refractivity contribution in [1.82, 2.24) is 14.7 Å². The van der Waals surface area contributed by atoms with Gasteiger partial charge in [-0.05, 0) is 42.2 Å². The molecule has 9 heteroatoms. The first-order valence-corrected chi connectivity index (χ1v) is 13.4. The van der Waals surface area contributed by atoms with Gasteiger partial charge in [-0.1, -0.05) is 24.3 Å². The van der Waals surface area contributed by atoms with Crippen LogP contribution in [0.2, 0.25) is 0 Å². The van der Waals surface area contributed by atoms with E-state index in [-0.39, 0.29) is 16.8 Å². The van der Waals surface area contributed by atoms with E-state index in [9.17, 15) is 13.2 Å². The first-order valence-electron chi connectivity index (χ1n) is 12.0. The molecule has 0 N–H and O–H groups in total. The second-order valence-corrected chi connectivity index (χ2v) is 11.0. The van der Waals surface area contributed by atoms with Crippen molar-refractivity contribution < 1.29 is 17.9 Å². The molecule has 8 nitrogen and oxygen atoms in total. The number of nitrogens with zero attached hydrogens (tertiary/aromatic N) is 4. The summed E-state index contributed by atoms with van der Waals surface area (Å²) in [5, 5.41) is 0. The molecule has 1 amide bonds. The topological polar surface area (TPSA) is 82.5 Å². The molecule has 1 atom stereocenters. The lowest BCUT2D eigenvalue weighted by Gasteiger charge is -2.37. The van der Waals surface area contributed by atoms with Gasteiger partial charge in [0, 0.05) is 51.3 Å². The molecule has 2 saturated heterocycles. The summed E-state index contributed by atoms with van der Waals surface area (Å²) in [6.07, 6.45) is 2.54. The molecule has 0 aromatic heterocycles. The average molecular weight is 481 g/mol. The van der Waals surface area contributed by atoms with E-state index >= 15 is 0 Å². The number of carbonyl (C=O) groups is 1. The summed E-state index contributed by atoms with van der Waals surface area (Å²) in [4.78, 5) is 19.9. The van der Waals surface area contributed by atoms with Crippen LogP contribution in [0.4, 0.5) is 0 Å². The number of carbonyl (C=O) groups excluding carboxylic acids is 1. The lowest BCUT2D eigenvalue weighted by Crippen LogP contribution is -2.54. The average Bonchev–Trinajstić information content (AvgIpc) is 3.57. The van der Waals surface area contributed by atoms with Gasteiger partial charge >= 0.3 is 0 Å². The summed E-state index contributed by atoms with van der Waals surface area (Å²) in [6, 6.07) is 13.0. The van der Waals surface area contributed by atoms with Gasteiger partial charge in [-0.3, -0.25) is 9.69 Å². The predicted octanol–water partition coefficient (Wildman–Crippen LogP) is 1.88. The Morgan fingerprint density at radius 2 is 1.88 bits per heavy atom. The van der Waals surface area contributed by atoms with Gasteiger partial charge in [-0.25, -0.2) is 0 Å². The number of ether oxygens (including phenoxy) is 1. The fraction of sp³-hybridized carbons (Fsp3) is 0.440. The molecular weight excluding hydrogens is 452 g/mol. The molecule has 0 bridgehead atoms. The summed E-state index contributed by atoms with van der Waals surface area (Å²) in [5.74, 6) is 1.50. The van der Waals surface area contributed by atoms with Crippen LogP contribution in [0.1, 0.15) is 29.5 Å². The third-order valence-corrected chi connectivity index (χ3v) is 8.59. The first-order chi connectivity index (χ1) is 16.5. The van der Waals surface area contributed by atoms with Crippen molar-refractivity contribution in [3.05, 3.63) is 59.2 Å². The Morgan fingerprint density at radius 3 is 2.74 bits per heavy atom. The number of amidine groups is 1. The fourth-order valence-corrected chi connectivity index (χ4v) is 6.72. The molecule has 0 saturated carbocycles. The van der Waals surface area contributed by atoms with Crippen molar-refractivity contribution in [1.29, 1.82) is 0 Å². The summed E-state index contributed by atoms with van der Waals surface area (Å²) in [5.41, 5.74) is 3.17. The largest absolute Gasteiger partial charge is 0.493 e. The van der Waals surface area contributed by atoms with Crippen molar-refractivity contribution in [2.75, 3.05) is 39.3 Å². The van der Waals surface area contributed by atoms with E-state index in [2.05, 4.69) is 27.5 Å². The highest BCUT2D eigenvalue weighted by Gasteiger charge is 2.41. The molecule has 0 aliphatic carbocycles. The fourth-order valence-electron chi connectivity index (χ4n) is 5.51. The minimum Gasteiger partial charge on any atom is -0.493 e. The van der Waals surface area contributed by atoms with E-state index in [1.54, 1.807) is 18.2 Å². The number of piperazine rings is 1. The van der Waals surface area contributed by atoms with E-state index in [4.69, 9.17) is 4.74 Å². The Hall–Kier alpha value is -2.91. The quantitative estimate of drug-likeness (QED) is 0.667. The molecule has 0 unspecified atom stereocenters. The maximum atomic E-state index is 13.5. The minimum absolute atomic E-state index is 0.0799. The number of hydrogen-bond donors (Lipinski definition) is 0. The van der Waals surface area contributed by atoms with Gasteiger partial charge in [-0.15, -0.1) is 4.40 Å². The first kappa shape index (κ1) is 21.6. The normalized spacial score (nSPS) is 23.4. The van der Waals surface area contributed by atoms with E-state index in [0.29, 0.717) is 31.0 Å². The monoisotopic (exact) mass is 480 g/mol. The summed E-state index contributed by atoms with van der Waals surface area (Å²) >= 11 is 0. The SMILES string of the molecule is O=C([C@@H]1CCCN1C1=NS(=O)(=O)c2ccccc21)N1CCN(Cc2ccc3c(c2)CCO3)CC1. The Morgan fingerprint density at radius 1 is 1.06 bits per heavy atom. The summed E-state index contributed by atoms with van der Waals surface area (Å²) in [6.45, 7) is 5.28. The zero-order valence-electron chi connectivity index (χ0n) is 19.0. The summed E-state index contributed by atoms with van der Waals surface area (Å²) in [7, 11) is -3.70. The lowest BCUT2D eigenvalue weighted by molar-refractivity contribution is -0.136. The number of fused-ring (bicyclic) bond motifs is 2. The predicted molar refractivity (Wildman–Crippen MR) is 127 cm³/mol. The molecule has 178 valence electrons. The molecule has 34 heavy (non-hydrogen) atoms. The second kappa shape index (κ2) is 8.39. The zero-order valence-corrected chi connectivity index (χ0v) is 19.8. The smallest absolute Gasteiger partial charge is 0.285 e. The third-order valence-electron chi connectivity index (χ3n) is 7.27. The molecule has 4 heterocycles. The molecule has 2 aromatic rings. The number of benzene rings is 2. The van der Waals surface area contributed by atoms with Gasteiger partial charge in [0.25, 0.3) is 10.0 Å². The van der Waals surface area contributed by atoms with Crippen molar-refractivity contribution in [2.24, 2.45) is 4.40 Å². The highest BCUT2D eigenvalue weighted by Crippen LogP contribution is 2.32. The third kappa shape index (κ3) is 3.76. The maximum absolute atomic E-state index is 13.5. The van der Waals surface area contributed by atoms with Gasteiger partial charge in [0.05, 0.1) is 6.61 Å². The molecule has 4 aliphatic heterocycles. The Kier molecular flexibility index (Phi) is 5.33. The van der Waals surface area contributed by atoms with Crippen LogP contribution in [0.25, 0.3) is 0 Å². The second-order valence-electron chi connectivity index (χ2n) is 9.38. The number of amides is 1. The van der Waals surface area contributed by atoms with Crippen LogP contribution in [0.5, 0.6) is 5.75 Å². The molecule has 2 fully saturated rings. The number of likely N-dealkylation sites (tertiary alicyclic amines) is 1. The maximum Gasteiger partial charge on any atom is 0.285 e. The van der Waals surface area contributed by atoms with Crippen LogP contribution < -0.4 is 4.74 Å². The van der Waals surface area contributed by atoms with E-state index in [1.165, 1.54) is 11.1 Å². The van der Waals surface area contributed by atoms with Crippen molar-refractivity contribution in [3.8, 4) is 5.75 Å². The van der Waals surface area contributed by atoms with E-state index < -0.39 is 10.0 Å². The van der Waals surface area contributed by atoms with Gasteiger partial charge in [0.2, 0.25) is 5.91 Å². The van der Waals surface area contributed by atoms with Crippen LogP contribution in [0, 0.1) is 0 Å². The Balaban J connectivity index is 1.11. The van der Waals surface area contributed by atoms with Crippen LogP contribution in [-0.2, 0) is 27.8 Å². The standard InChI is InChI=1S/C25H28N4O4S/c30-25(21-5-3-10-29(21)24-20-4-1-2-6-23(20)34(31,32)26-24)28-13-11-27(12-14-28)17-18-7-8-22-19(16-18)9-15-33-22/h1-2,4,6-8,16,21H,3,5,9-15,17H2/t21-/m0/s1. The van der Waals surface area contributed by atoms with Gasteiger partial charge in [-0.2, -0.15) is 8.42 Å². The number of sulfonamides is 1. The highest BCUT2D eigenvalue weighted by molar-refractivity contribution is 7.90. The van der Waals surface area contributed by atoms with Gasteiger partial charge in [0.15, 0.2) is 5.84 Å². The van der Waals surface area contributed by atoms with E-state index in [1.807, 2.05) is 15.9 Å². The molecule has 0 spiro atoms. The van der Waals surface area contributed by atoms with Gasteiger partial charge < -0.3 is 14.5 Å². The molecule has 2 aromatic carbocycles. The number of rotatable bonds is 3. The van der Waals surface area contributed by atoms with Gasteiger partial charge in [0.1, 0.15) is 16.7 Å². The molecule has 0 radical (unpaired) electrons. The van der Waals surface area contributed by atoms with Crippen LogP contribution in [0.15, 0.2) is 51.8 Å². The Labute approximate surface area is 199 Å². The molecule has 6 rings (SSSR count). The van der Waals surface area contributed by atoms with Crippen LogP contribution in [-0.4, -0.2) is 80.2 Å². The lowest BCUT2D eigenvalue weighted by atomic mass is 10.1. The van der Waals surface area contributed by atoms with Crippen LogP contribution in [0.3, 0.4) is 0 Å². The van der Waals surface area contributed by atoms with Crippen molar-refractivity contribution in [3.63, 3.8) is 0 Å².